The Labute approximate surface area is 91.0 Å². The van der Waals surface area contributed by atoms with Crippen LogP contribution >= 0.6 is 0 Å². The van der Waals surface area contributed by atoms with Gasteiger partial charge in [-0.15, -0.1) is 0 Å². The molecular weight excluding hydrogens is 237 g/mol. The Hall–Kier alpha value is -1.70. The molecule has 0 amide bonds. The Kier molecular flexibility index (Phi) is 4.18. The number of pyridine rings is 1. The quantitative estimate of drug-likeness (QED) is 0.359. The minimum Gasteiger partial charge on any atom is -0.241 e. The molecule has 1 rings (SSSR count). The van der Waals surface area contributed by atoms with Gasteiger partial charge in [0.1, 0.15) is 0 Å². The van der Waals surface area contributed by atoms with Crippen molar-refractivity contribution in [3.05, 3.63) is 34.6 Å². The molecular formula is C7H8FN5O2S. The zero-order chi connectivity index (χ0) is 12.0. The van der Waals surface area contributed by atoms with Crippen LogP contribution in [0.15, 0.2) is 28.5 Å². The van der Waals surface area contributed by atoms with Crippen molar-refractivity contribution in [3.63, 3.8) is 0 Å². The Morgan fingerprint density at radius 1 is 1.62 bits per heavy atom. The molecule has 0 aliphatic rings. The van der Waals surface area contributed by atoms with Gasteiger partial charge in [-0.3, -0.25) is 0 Å². The van der Waals surface area contributed by atoms with Crippen LogP contribution in [0.3, 0.4) is 0 Å². The highest BCUT2D eigenvalue weighted by Gasteiger charge is 2.19. The van der Waals surface area contributed by atoms with E-state index < -0.39 is 20.9 Å². The molecule has 0 saturated heterocycles. The van der Waals surface area contributed by atoms with E-state index in [0.717, 1.165) is 6.07 Å². The van der Waals surface area contributed by atoms with E-state index in [0.29, 0.717) is 0 Å². The van der Waals surface area contributed by atoms with Crippen molar-refractivity contribution in [2.75, 3.05) is 13.1 Å². The standard InChI is InChI=1S/C7H8FN5O2S/c8-6-2-1-3-10-7(6)16(14,15)12-5-4-11-13-9/h1-3,12H,4-5H2. The molecule has 0 aromatic carbocycles. The predicted molar refractivity (Wildman–Crippen MR) is 53.4 cm³/mol. The van der Waals surface area contributed by atoms with E-state index >= 15 is 0 Å². The molecule has 0 spiro atoms. The fourth-order valence-corrected chi connectivity index (χ4v) is 1.93. The molecule has 0 fully saturated rings. The topological polar surface area (TPSA) is 108 Å². The van der Waals surface area contributed by atoms with Gasteiger partial charge in [-0.05, 0) is 17.7 Å². The fourth-order valence-electron chi connectivity index (χ4n) is 0.912. The lowest BCUT2D eigenvalue weighted by Crippen LogP contribution is -2.27. The average Bonchev–Trinajstić information content (AvgIpc) is 2.25. The van der Waals surface area contributed by atoms with Crippen molar-refractivity contribution >= 4 is 10.0 Å². The van der Waals surface area contributed by atoms with Crippen LogP contribution in [0.5, 0.6) is 0 Å². The molecule has 0 bridgehead atoms. The normalized spacial score (nSPS) is 10.8. The number of rotatable bonds is 5. The van der Waals surface area contributed by atoms with Gasteiger partial charge >= 0.3 is 0 Å². The van der Waals surface area contributed by atoms with E-state index in [1.54, 1.807) is 0 Å². The molecule has 86 valence electrons. The highest BCUT2D eigenvalue weighted by molar-refractivity contribution is 7.89. The maximum Gasteiger partial charge on any atom is 0.261 e. The monoisotopic (exact) mass is 245 g/mol. The summed E-state index contributed by atoms with van der Waals surface area (Å²) in [6.07, 6.45) is 1.17. The predicted octanol–water partition coefficient (Wildman–Crippen LogP) is 0.809. The lowest BCUT2D eigenvalue weighted by Gasteiger charge is -2.04. The van der Waals surface area contributed by atoms with E-state index in [-0.39, 0.29) is 13.1 Å². The summed E-state index contributed by atoms with van der Waals surface area (Å²) in [6.45, 7) is -0.160. The first-order valence-corrected chi connectivity index (χ1v) is 5.67. The molecule has 1 aromatic heterocycles. The smallest absolute Gasteiger partial charge is 0.241 e. The van der Waals surface area contributed by atoms with Crippen LogP contribution in [-0.2, 0) is 10.0 Å². The summed E-state index contributed by atoms with van der Waals surface area (Å²) in [4.78, 5) is 5.87. The van der Waals surface area contributed by atoms with Gasteiger partial charge < -0.3 is 0 Å². The third-order valence-corrected chi connectivity index (χ3v) is 2.94. The van der Waals surface area contributed by atoms with Gasteiger partial charge in [0.2, 0.25) is 5.03 Å². The molecule has 0 aliphatic carbocycles. The largest absolute Gasteiger partial charge is 0.261 e. The van der Waals surface area contributed by atoms with Gasteiger partial charge in [0.25, 0.3) is 10.0 Å². The van der Waals surface area contributed by atoms with Crippen molar-refractivity contribution in [1.29, 1.82) is 0 Å². The molecule has 16 heavy (non-hydrogen) atoms. The average molecular weight is 245 g/mol. The zero-order valence-corrected chi connectivity index (χ0v) is 8.85. The minimum absolute atomic E-state index is 0.0514. The number of hydrogen-bond acceptors (Lipinski definition) is 4. The van der Waals surface area contributed by atoms with Gasteiger partial charge in [0.15, 0.2) is 5.82 Å². The first kappa shape index (κ1) is 12.4. The van der Waals surface area contributed by atoms with Crippen LogP contribution in [0.1, 0.15) is 0 Å². The third kappa shape index (κ3) is 3.16. The number of aromatic nitrogens is 1. The zero-order valence-electron chi connectivity index (χ0n) is 8.04. The fraction of sp³-hybridized carbons (Fsp3) is 0.286. The van der Waals surface area contributed by atoms with Gasteiger partial charge in [0.05, 0.1) is 0 Å². The summed E-state index contributed by atoms with van der Waals surface area (Å²) in [5, 5.41) is 2.46. The summed E-state index contributed by atoms with van der Waals surface area (Å²) in [6, 6.07) is 2.28. The van der Waals surface area contributed by atoms with Gasteiger partial charge in [0, 0.05) is 24.2 Å². The van der Waals surface area contributed by atoms with Gasteiger partial charge in [-0.1, -0.05) is 5.11 Å². The maximum absolute atomic E-state index is 13.1. The summed E-state index contributed by atoms with van der Waals surface area (Å²) in [7, 11) is -3.99. The van der Waals surface area contributed by atoms with Crippen LogP contribution in [0.4, 0.5) is 4.39 Å². The molecule has 0 radical (unpaired) electrons. The summed E-state index contributed by atoms with van der Waals surface area (Å²) in [5.74, 6) is -0.932. The Morgan fingerprint density at radius 3 is 3.00 bits per heavy atom. The molecule has 1 heterocycles. The second-order valence-corrected chi connectivity index (χ2v) is 4.32. The number of sulfonamides is 1. The molecule has 1 N–H and O–H groups in total. The maximum atomic E-state index is 13.1. The number of nitrogens with zero attached hydrogens (tertiary/aromatic N) is 4. The molecule has 0 saturated carbocycles. The van der Waals surface area contributed by atoms with Crippen LogP contribution < -0.4 is 4.72 Å². The molecule has 0 atom stereocenters. The first-order chi connectivity index (χ1) is 7.58. The van der Waals surface area contributed by atoms with E-state index in [2.05, 4.69) is 19.7 Å². The number of halogens is 1. The molecule has 1 aromatic rings. The van der Waals surface area contributed by atoms with Crippen LogP contribution in [-0.4, -0.2) is 26.5 Å². The molecule has 7 nitrogen and oxygen atoms in total. The SMILES string of the molecule is [N-]=[N+]=NCCNS(=O)(=O)c1ncccc1F. The second-order valence-electron chi connectivity index (χ2n) is 2.64. The lowest BCUT2D eigenvalue weighted by atomic mass is 10.5. The summed E-state index contributed by atoms with van der Waals surface area (Å²) >= 11 is 0. The highest BCUT2D eigenvalue weighted by atomic mass is 32.2. The van der Waals surface area contributed by atoms with E-state index in [1.165, 1.54) is 12.3 Å². The lowest BCUT2D eigenvalue weighted by molar-refractivity contribution is 0.545. The number of hydrogen-bond donors (Lipinski definition) is 1. The van der Waals surface area contributed by atoms with Crippen LogP contribution in [0.25, 0.3) is 10.4 Å². The highest BCUT2D eigenvalue weighted by Crippen LogP contribution is 2.08. The molecule has 0 unspecified atom stereocenters. The molecule has 0 aliphatic heterocycles. The molecule has 9 heteroatoms. The first-order valence-electron chi connectivity index (χ1n) is 4.19. The summed E-state index contributed by atoms with van der Waals surface area (Å²) in [5.41, 5.74) is 7.97. The Morgan fingerprint density at radius 2 is 2.38 bits per heavy atom. The number of nitrogens with one attached hydrogen (secondary N) is 1. The Bertz CT molecular complexity index is 511. The van der Waals surface area contributed by atoms with Gasteiger partial charge in [-0.25, -0.2) is 22.5 Å². The van der Waals surface area contributed by atoms with Gasteiger partial charge in [-0.2, -0.15) is 0 Å². The van der Waals surface area contributed by atoms with E-state index in [4.69, 9.17) is 5.53 Å². The van der Waals surface area contributed by atoms with E-state index in [1.807, 2.05) is 0 Å². The number of azide groups is 1. The second kappa shape index (κ2) is 5.40. The minimum atomic E-state index is -3.99. The Balaban J connectivity index is 2.79. The van der Waals surface area contributed by atoms with E-state index in [9.17, 15) is 12.8 Å². The van der Waals surface area contributed by atoms with Crippen molar-refractivity contribution < 1.29 is 12.8 Å². The van der Waals surface area contributed by atoms with Crippen molar-refractivity contribution in [1.82, 2.24) is 9.71 Å². The van der Waals surface area contributed by atoms with Crippen LogP contribution in [0, 0.1) is 5.82 Å². The van der Waals surface area contributed by atoms with Crippen molar-refractivity contribution in [3.8, 4) is 0 Å². The van der Waals surface area contributed by atoms with Crippen molar-refractivity contribution in [2.45, 2.75) is 5.03 Å². The van der Waals surface area contributed by atoms with Crippen LogP contribution in [0.2, 0.25) is 0 Å². The third-order valence-electron chi connectivity index (χ3n) is 1.55. The van der Waals surface area contributed by atoms with Crippen molar-refractivity contribution in [2.24, 2.45) is 5.11 Å². The summed E-state index contributed by atoms with van der Waals surface area (Å²) < 4.78 is 38.1.